The molecule has 0 saturated heterocycles. The number of unbranched alkanes of at least 4 members (excludes halogenated alkanes) is 1. The lowest BCUT2D eigenvalue weighted by Crippen LogP contribution is -2.27. The fourth-order valence-corrected chi connectivity index (χ4v) is 1.48. The van der Waals surface area contributed by atoms with Crippen LogP contribution in [-0.2, 0) is 4.79 Å². The Balaban J connectivity index is 2.63. The second-order valence-electron chi connectivity index (χ2n) is 4.37. The molecule has 1 aromatic rings. The van der Waals surface area contributed by atoms with Gasteiger partial charge in [0.2, 0.25) is 0 Å². The van der Waals surface area contributed by atoms with Crippen molar-refractivity contribution in [2.45, 2.75) is 19.8 Å². The summed E-state index contributed by atoms with van der Waals surface area (Å²) in [6.07, 6.45) is 2.89. The van der Waals surface area contributed by atoms with Crippen LogP contribution in [0.2, 0.25) is 0 Å². The van der Waals surface area contributed by atoms with E-state index >= 15 is 0 Å². The summed E-state index contributed by atoms with van der Waals surface area (Å²) >= 11 is 0. The first kappa shape index (κ1) is 16.2. The van der Waals surface area contributed by atoms with Gasteiger partial charge in [-0.1, -0.05) is 13.3 Å². The van der Waals surface area contributed by atoms with Gasteiger partial charge < -0.3 is 16.4 Å². The highest BCUT2D eigenvalue weighted by Gasteiger charge is 2.09. The maximum Gasteiger partial charge on any atom is 0.263 e. The van der Waals surface area contributed by atoms with Gasteiger partial charge in [-0.2, -0.15) is 5.26 Å². The van der Waals surface area contributed by atoms with Crippen LogP contribution in [0.1, 0.15) is 30.1 Å². The molecular weight excluding hydrogens is 268 g/mol. The third kappa shape index (κ3) is 5.37. The molecule has 4 N–H and O–H groups in total. The number of nitrogens with two attached hydrogens (primary N) is 1. The molecule has 0 aliphatic rings. The molecule has 1 aromatic carbocycles. The predicted molar refractivity (Wildman–Crippen MR) is 79.9 cm³/mol. The van der Waals surface area contributed by atoms with E-state index in [4.69, 9.17) is 11.0 Å². The maximum absolute atomic E-state index is 11.8. The van der Waals surface area contributed by atoms with Gasteiger partial charge in [-0.3, -0.25) is 9.59 Å². The molecule has 6 heteroatoms. The van der Waals surface area contributed by atoms with E-state index in [1.165, 1.54) is 0 Å². The standard InChI is InChI=1S/C15H18N4O2/c1-2-3-8-18-15(21)12(9-16)10-19-14(20)11-4-6-13(17)7-5-11/h4-7,10H,2-3,8,17H2,1H3,(H,18,21)(H,19,20)/b12-10-. The fraction of sp³-hybridized carbons (Fsp3) is 0.267. The molecule has 0 aromatic heterocycles. The summed E-state index contributed by atoms with van der Waals surface area (Å²) in [7, 11) is 0. The summed E-state index contributed by atoms with van der Waals surface area (Å²) in [5, 5.41) is 13.9. The van der Waals surface area contributed by atoms with Gasteiger partial charge in [-0.15, -0.1) is 0 Å². The molecule has 1 rings (SSSR count). The van der Waals surface area contributed by atoms with Gasteiger partial charge in [-0.25, -0.2) is 0 Å². The number of rotatable bonds is 6. The molecule has 0 fully saturated rings. The Hall–Kier alpha value is -2.81. The van der Waals surface area contributed by atoms with E-state index in [1.807, 2.05) is 6.92 Å². The number of nitrogens with zero attached hydrogens (tertiary/aromatic N) is 1. The number of nitrogen functional groups attached to an aromatic ring is 1. The van der Waals surface area contributed by atoms with E-state index in [0.717, 1.165) is 19.0 Å². The molecule has 0 radical (unpaired) electrons. The number of nitrogens with one attached hydrogen (secondary N) is 2. The van der Waals surface area contributed by atoms with E-state index < -0.39 is 11.8 Å². The Morgan fingerprint density at radius 2 is 2.00 bits per heavy atom. The highest BCUT2D eigenvalue weighted by Crippen LogP contribution is 2.05. The van der Waals surface area contributed by atoms with Gasteiger partial charge in [0.25, 0.3) is 11.8 Å². The monoisotopic (exact) mass is 286 g/mol. The first-order valence-corrected chi connectivity index (χ1v) is 6.63. The Labute approximate surface area is 123 Å². The number of nitriles is 1. The van der Waals surface area contributed by atoms with E-state index in [1.54, 1.807) is 30.3 Å². The lowest BCUT2D eigenvalue weighted by atomic mass is 10.2. The van der Waals surface area contributed by atoms with Crippen molar-refractivity contribution in [3.05, 3.63) is 41.6 Å². The average molecular weight is 286 g/mol. The molecule has 0 aliphatic heterocycles. The van der Waals surface area contributed by atoms with Crippen molar-refractivity contribution >= 4 is 17.5 Å². The third-order valence-corrected chi connectivity index (χ3v) is 2.70. The van der Waals surface area contributed by atoms with Crippen molar-refractivity contribution in [3.63, 3.8) is 0 Å². The van der Waals surface area contributed by atoms with E-state index in [9.17, 15) is 9.59 Å². The normalized spacial score (nSPS) is 10.6. The number of benzene rings is 1. The highest BCUT2D eigenvalue weighted by atomic mass is 16.2. The van der Waals surface area contributed by atoms with Crippen LogP contribution in [0.3, 0.4) is 0 Å². The number of anilines is 1. The van der Waals surface area contributed by atoms with Crippen molar-refractivity contribution in [2.75, 3.05) is 12.3 Å². The van der Waals surface area contributed by atoms with Gasteiger partial charge in [-0.05, 0) is 30.7 Å². The Kier molecular flexibility index (Phi) is 6.48. The number of carbonyl (C=O) groups is 2. The van der Waals surface area contributed by atoms with Crippen LogP contribution < -0.4 is 16.4 Å². The van der Waals surface area contributed by atoms with Gasteiger partial charge in [0, 0.05) is 24.0 Å². The molecule has 0 unspecified atom stereocenters. The van der Waals surface area contributed by atoms with Gasteiger partial charge in [0.1, 0.15) is 11.6 Å². The fourth-order valence-electron chi connectivity index (χ4n) is 1.48. The number of carbonyl (C=O) groups excluding carboxylic acids is 2. The summed E-state index contributed by atoms with van der Waals surface area (Å²) < 4.78 is 0. The second kappa shape index (κ2) is 8.38. The molecule has 0 bridgehead atoms. The zero-order valence-corrected chi connectivity index (χ0v) is 11.8. The van der Waals surface area contributed by atoms with Gasteiger partial charge in [0.15, 0.2) is 0 Å². The van der Waals surface area contributed by atoms with Crippen LogP contribution in [0.25, 0.3) is 0 Å². The van der Waals surface area contributed by atoms with E-state index in [2.05, 4.69) is 10.6 Å². The average Bonchev–Trinajstić information content (AvgIpc) is 2.48. The van der Waals surface area contributed by atoms with Gasteiger partial charge >= 0.3 is 0 Å². The molecule has 0 spiro atoms. The lowest BCUT2D eigenvalue weighted by Gasteiger charge is -2.04. The van der Waals surface area contributed by atoms with Crippen LogP contribution in [-0.4, -0.2) is 18.4 Å². The Morgan fingerprint density at radius 3 is 2.57 bits per heavy atom. The highest BCUT2D eigenvalue weighted by molar-refractivity contribution is 5.99. The molecule has 0 atom stereocenters. The van der Waals surface area contributed by atoms with Crippen LogP contribution in [0.4, 0.5) is 5.69 Å². The predicted octanol–water partition coefficient (Wildman–Crippen LogP) is 1.32. The zero-order chi connectivity index (χ0) is 15.7. The lowest BCUT2D eigenvalue weighted by molar-refractivity contribution is -0.117. The van der Waals surface area contributed by atoms with E-state index in [-0.39, 0.29) is 5.57 Å². The minimum Gasteiger partial charge on any atom is -0.399 e. The largest absolute Gasteiger partial charge is 0.399 e. The van der Waals surface area contributed by atoms with Crippen LogP contribution in [0, 0.1) is 11.3 Å². The smallest absolute Gasteiger partial charge is 0.263 e. The van der Waals surface area contributed by atoms with Crippen LogP contribution >= 0.6 is 0 Å². The molecule has 110 valence electrons. The molecule has 0 aliphatic carbocycles. The van der Waals surface area contributed by atoms with Crippen molar-refractivity contribution in [3.8, 4) is 6.07 Å². The van der Waals surface area contributed by atoms with Gasteiger partial charge in [0.05, 0.1) is 0 Å². The number of hydrogen-bond acceptors (Lipinski definition) is 4. The summed E-state index contributed by atoms with van der Waals surface area (Å²) in [6.45, 7) is 2.50. The molecule has 21 heavy (non-hydrogen) atoms. The first-order valence-electron chi connectivity index (χ1n) is 6.63. The minimum absolute atomic E-state index is 0.144. The molecule has 0 heterocycles. The van der Waals surface area contributed by atoms with Crippen LogP contribution in [0.5, 0.6) is 0 Å². The molecule has 6 nitrogen and oxygen atoms in total. The van der Waals surface area contributed by atoms with E-state index in [0.29, 0.717) is 17.8 Å². The number of amides is 2. The minimum atomic E-state index is -0.497. The van der Waals surface area contributed by atoms with Crippen molar-refractivity contribution < 1.29 is 9.59 Å². The topological polar surface area (TPSA) is 108 Å². The van der Waals surface area contributed by atoms with Crippen molar-refractivity contribution in [2.24, 2.45) is 0 Å². The summed E-state index contributed by atoms with van der Waals surface area (Å²) in [5.41, 5.74) is 6.33. The first-order chi connectivity index (χ1) is 10.1. The SMILES string of the molecule is CCCCNC(=O)/C(C#N)=C\NC(=O)c1ccc(N)cc1. The Bertz CT molecular complexity index is 570. The maximum atomic E-state index is 11.8. The molecule has 2 amide bonds. The summed E-state index contributed by atoms with van der Waals surface area (Å²) in [5.74, 6) is -0.910. The molecular formula is C15H18N4O2. The third-order valence-electron chi connectivity index (χ3n) is 2.70. The van der Waals surface area contributed by atoms with Crippen LogP contribution in [0.15, 0.2) is 36.0 Å². The quantitative estimate of drug-likeness (QED) is 0.317. The second-order valence-corrected chi connectivity index (χ2v) is 4.37. The van der Waals surface area contributed by atoms with Crippen molar-refractivity contribution in [1.82, 2.24) is 10.6 Å². The number of hydrogen-bond donors (Lipinski definition) is 3. The van der Waals surface area contributed by atoms with Crippen molar-refractivity contribution in [1.29, 1.82) is 5.26 Å². The molecule has 0 saturated carbocycles. The zero-order valence-electron chi connectivity index (χ0n) is 11.8. The summed E-state index contributed by atoms with van der Waals surface area (Å²) in [4.78, 5) is 23.5. The Morgan fingerprint density at radius 1 is 1.33 bits per heavy atom. The summed E-state index contributed by atoms with van der Waals surface area (Å²) in [6, 6.07) is 8.08.